The molecule has 2 saturated carbocycles. The topological polar surface area (TPSA) is 246 Å². The Kier molecular flexibility index (Phi) is 12.3. The Hall–Kier alpha value is -4.25. The number of carbonyl (C=O) groups excluding carboxylic acids is 5. The number of aliphatic hydroxyl groups excluding tert-OH is 1. The van der Waals surface area contributed by atoms with E-state index in [9.17, 15) is 29.1 Å². The number of hydrogen-bond donors (Lipinski definition) is 6. The number of epoxide rings is 2. The van der Waals surface area contributed by atoms with E-state index in [1.807, 2.05) is 13.8 Å². The number of cyclic esters (lactones) is 1. The van der Waals surface area contributed by atoms with Gasteiger partial charge in [-0.3, -0.25) is 9.59 Å². The number of benzene rings is 1. The smallest absolute Gasteiger partial charge is 0.458 e. The van der Waals surface area contributed by atoms with Gasteiger partial charge in [0.05, 0.1) is 18.2 Å². The van der Waals surface area contributed by atoms with Gasteiger partial charge in [-0.15, -0.1) is 0 Å². The average Bonchev–Trinajstić information content (AvgIpc) is 4.06. The fourth-order valence-electron chi connectivity index (χ4n) is 8.95. The van der Waals surface area contributed by atoms with Gasteiger partial charge in [-0.2, -0.15) is 0 Å². The number of ether oxygens (including phenoxy) is 5. The minimum Gasteiger partial charge on any atom is -0.458 e. The molecule has 56 heavy (non-hydrogen) atoms. The highest BCUT2D eigenvalue weighted by Crippen LogP contribution is 2.69. The molecule has 1 aromatic carbocycles. The molecule has 2 unspecified atom stereocenters. The van der Waals surface area contributed by atoms with Gasteiger partial charge in [0.25, 0.3) is 0 Å². The Morgan fingerprint density at radius 2 is 1.77 bits per heavy atom. The van der Waals surface area contributed by atoms with Crippen LogP contribution in [0.2, 0.25) is 0 Å². The molecule has 16 nitrogen and oxygen atoms in total. The Morgan fingerprint density at radius 1 is 1.04 bits per heavy atom. The Balaban J connectivity index is 1.07. The van der Waals surface area contributed by atoms with Crippen LogP contribution in [0.15, 0.2) is 35.4 Å². The highest BCUT2D eigenvalue weighted by molar-refractivity contribution is 5.98. The number of carbonyl (C=O) groups is 5. The molecule has 3 aliphatic heterocycles. The highest BCUT2D eigenvalue weighted by Gasteiger charge is 2.86. The van der Waals surface area contributed by atoms with E-state index in [0.717, 1.165) is 24.0 Å². The third-order valence-electron chi connectivity index (χ3n) is 12.3. The normalized spacial score (nSPS) is 31.0. The zero-order valence-corrected chi connectivity index (χ0v) is 32.8. The zero-order valence-electron chi connectivity index (χ0n) is 32.8. The number of unbranched alkanes of at least 4 members (excludes halogenated alkanes) is 1. The fourth-order valence-corrected chi connectivity index (χ4v) is 8.95. The molecule has 2 saturated heterocycles. The van der Waals surface area contributed by atoms with Crippen molar-refractivity contribution in [3.05, 3.63) is 41.0 Å². The second-order valence-electron chi connectivity index (χ2n) is 16.4. The number of nitrogens with one attached hydrogen (secondary N) is 3. The quantitative estimate of drug-likeness (QED) is 0.0759. The molecular formula is C40H57N5O11. The summed E-state index contributed by atoms with van der Waals surface area (Å²) in [4.78, 5) is 63.0. The Labute approximate surface area is 327 Å². The maximum absolute atomic E-state index is 13.4. The van der Waals surface area contributed by atoms with Crippen molar-refractivity contribution >= 4 is 35.7 Å². The molecule has 16 heteroatoms. The molecule has 3 heterocycles. The lowest BCUT2D eigenvalue weighted by molar-refractivity contribution is -0.136. The van der Waals surface area contributed by atoms with Crippen LogP contribution in [0.5, 0.6) is 0 Å². The van der Waals surface area contributed by atoms with Crippen LogP contribution in [-0.4, -0.2) is 95.9 Å². The van der Waals surface area contributed by atoms with Crippen LogP contribution in [0.4, 0.5) is 15.3 Å². The van der Waals surface area contributed by atoms with E-state index >= 15 is 0 Å². The van der Waals surface area contributed by atoms with Crippen molar-refractivity contribution in [1.82, 2.24) is 10.6 Å². The summed E-state index contributed by atoms with van der Waals surface area (Å²) in [6.07, 6.45) is 0.897. The third-order valence-corrected chi connectivity index (χ3v) is 12.3. The maximum Gasteiger partial charge on any atom is 0.509 e. The van der Waals surface area contributed by atoms with Crippen LogP contribution in [-0.2, 0) is 44.7 Å². The average molecular weight is 784 g/mol. The van der Waals surface area contributed by atoms with Gasteiger partial charge in [0.2, 0.25) is 11.8 Å². The zero-order chi connectivity index (χ0) is 40.5. The summed E-state index contributed by atoms with van der Waals surface area (Å²) in [5.74, 6) is -1.82. The number of primary amides is 1. The summed E-state index contributed by atoms with van der Waals surface area (Å²) in [5, 5.41) is 19.6. The minimum absolute atomic E-state index is 0.00219. The molecule has 0 aromatic heterocycles. The largest absolute Gasteiger partial charge is 0.509 e. The van der Waals surface area contributed by atoms with Crippen LogP contribution < -0.4 is 27.4 Å². The monoisotopic (exact) mass is 783 g/mol. The van der Waals surface area contributed by atoms with Crippen LogP contribution in [0, 0.1) is 23.7 Å². The van der Waals surface area contributed by atoms with Gasteiger partial charge in [-0.25, -0.2) is 14.4 Å². The molecule has 308 valence electrons. The van der Waals surface area contributed by atoms with Crippen molar-refractivity contribution in [1.29, 1.82) is 0 Å². The van der Waals surface area contributed by atoms with Gasteiger partial charge < -0.3 is 56.2 Å². The molecule has 1 spiro atoms. The van der Waals surface area contributed by atoms with Crippen molar-refractivity contribution in [2.24, 2.45) is 35.1 Å². The van der Waals surface area contributed by atoms with Gasteiger partial charge in [0, 0.05) is 23.7 Å². The summed E-state index contributed by atoms with van der Waals surface area (Å²) in [7, 11) is 0. The molecule has 0 radical (unpaired) electrons. The third kappa shape index (κ3) is 8.11. The van der Waals surface area contributed by atoms with Crippen molar-refractivity contribution in [2.75, 3.05) is 18.5 Å². The lowest BCUT2D eigenvalue weighted by atomic mass is 9.59. The van der Waals surface area contributed by atoms with Crippen molar-refractivity contribution in [3.8, 4) is 0 Å². The molecule has 0 bridgehead atoms. The predicted octanol–water partition coefficient (Wildman–Crippen LogP) is 2.94. The van der Waals surface area contributed by atoms with Crippen LogP contribution >= 0.6 is 0 Å². The number of esters is 1. The first kappa shape index (κ1) is 41.4. The molecule has 1 aromatic rings. The second-order valence-corrected chi connectivity index (χ2v) is 16.4. The minimum atomic E-state index is -0.935. The van der Waals surface area contributed by atoms with E-state index in [1.165, 1.54) is 0 Å². The number of nitrogens with two attached hydrogens (primary N) is 2. The van der Waals surface area contributed by atoms with E-state index in [2.05, 4.69) is 22.9 Å². The van der Waals surface area contributed by atoms with Gasteiger partial charge in [-0.1, -0.05) is 53.2 Å². The van der Waals surface area contributed by atoms with Crippen LogP contribution in [0.3, 0.4) is 0 Å². The van der Waals surface area contributed by atoms with Crippen molar-refractivity contribution in [2.45, 2.75) is 134 Å². The summed E-state index contributed by atoms with van der Waals surface area (Å²) >= 11 is 0. The molecule has 4 amide bonds. The molecule has 6 rings (SSSR count). The lowest BCUT2D eigenvalue weighted by Crippen LogP contribution is -2.63. The van der Waals surface area contributed by atoms with E-state index < -0.39 is 65.6 Å². The maximum atomic E-state index is 13.4. The number of rotatable bonds is 17. The summed E-state index contributed by atoms with van der Waals surface area (Å²) < 4.78 is 29.9. The first-order valence-electron chi connectivity index (χ1n) is 19.9. The van der Waals surface area contributed by atoms with Gasteiger partial charge in [-0.05, 0) is 79.5 Å². The van der Waals surface area contributed by atoms with Crippen LogP contribution in [0.25, 0.3) is 0 Å². The van der Waals surface area contributed by atoms with Gasteiger partial charge in [0.15, 0.2) is 6.10 Å². The van der Waals surface area contributed by atoms with Crippen LogP contribution in [0.1, 0.15) is 85.1 Å². The van der Waals surface area contributed by atoms with E-state index in [0.29, 0.717) is 36.9 Å². The molecule has 5 aliphatic rings. The number of hydrogen-bond acceptors (Lipinski definition) is 12. The molecule has 8 N–H and O–H groups in total. The van der Waals surface area contributed by atoms with E-state index in [4.69, 9.17) is 35.2 Å². The van der Waals surface area contributed by atoms with E-state index in [-0.39, 0.29) is 61.9 Å². The molecule has 10 atom stereocenters. The molecule has 4 fully saturated rings. The SMILES string of the molecule is CCCCC1=C(C2CC3[C@@H](O)[C@@H]4O[C@]4(C(C)C)[C@@H](OC(=O)OCc4ccc(NC(=O)[C@H](CCCNC(N)=O)NC(=O)[C@@H](N)C(C)C)cc4)[C@@]34O[C@H]4C2)COC1=O. The number of fused-ring (bicyclic) bond motifs is 1. The lowest BCUT2D eigenvalue weighted by Gasteiger charge is -2.45. The predicted molar refractivity (Wildman–Crippen MR) is 201 cm³/mol. The second kappa shape index (κ2) is 16.7. The van der Waals surface area contributed by atoms with Gasteiger partial charge in [0.1, 0.15) is 36.6 Å². The number of aliphatic hydroxyl groups is 1. The van der Waals surface area contributed by atoms with Crippen molar-refractivity contribution in [3.63, 3.8) is 0 Å². The summed E-state index contributed by atoms with van der Waals surface area (Å²) in [6.45, 7) is 9.99. The Bertz CT molecular complexity index is 1700. The first-order chi connectivity index (χ1) is 26.6. The first-order valence-corrected chi connectivity index (χ1v) is 19.9. The number of amides is 4. The molecule has 2 aliphatic carbocycles. The highest BCUT2D eigenvalue weighted by atomic mass is 16.8. The number of urea groups is 1. The van der Waals surface area contributed by atoms with Crippen molar-refractivity contribution < 1.29 is 52.8 Å². The standard InChI is InChI=1S/C40H57N5O11/c1-6-7-9-25-26(19-52-35(25)49)23-16-27-31(46)32-39(56-32,21(4)5)36(40(27)29(17-23)55-40)54-38(51)53-18-22-11-13-24(14-12-22)44-33(47)28(10-8-15-43-37(42)50)45-34(48)30(41)20(2)3/h11-14,20-21,23,27-32,36,46H,6-10,15-19,41H2,1-5H3,(H,44,47)(H,45,48)(H3,42,43,50)/t23?,27?,28-,29-,30-,31+,32-,36+,39-,40+/m0/s1. The van der Waals surface area contributed by atoms with Gasteiger partial charge >= 0.3 is 18.2 Å². The summed E-state index contributed by atoms with van der Waals surface area (Å²) in [6, 6.07) is 4.25. The Morgan fingerprint density at radius 3 is 2.43 bits per heavy atom. The fraction of sp³-hybridized carbons (Fsp3) is 0.675. The summed E-state index contributed by atoms with van der Waals surface area (Å²) in [5.41, 5.74) is 12.1. The molecular weight excluding hydrogens is 726 g/mol. The van der Waals surface area contributed by atoms with E-state index in [1.54, 1.807) is 38.1 Å². The number of anilines is 1.